The van der Waals surface area contributed by atoms with Gasteiger partial charge in [0, 0.05) is 12.1 Å². The molecule has 0 saturated carbocycles. The number of nitrogen functional groups attached to an aromatic ring is 1. The average molecular weight is 265 g/mol. The Kier molecular flexibility index (Phi) is 3.41. The number of nitrogens with zero attached hydrogens (tertiary/aromatic N) is 4. The first-order valence-electron chi connectivity index (χ1n) is 5.69. The van der Waals surface area contributed by atoms with E-state index in [4.69, 9.17) is 5.73 Å². The molecule has 100 valence electrons. The largest absolute Gasteiger partial charge is 0.381 e. The Balaban J connectivity index is 2.58. The number of non-ortho nitro benzene ring substituents is 1. The Morgan fingerprint density at radius 3 is 2.89 bits per heavy atom. The molecule has 0 bridgehead atoms. The lowest BCUT2D eigenvalue weighted by atomic mass is 10.2. The molecular formula is C11H12FN5O2. The van der Waals surface area contributed by atoms with Gasteiger partial charge in [0.25, 0.3) is 5.69 Å². The van der Waals surface area contributed by atoms with E-state index in [2.05, 4.69) is 10.3 Å². The maximum absolute atomic E-state index is 13.8. The molecule has 2 rings (SSSR count). The van der Waals surface area contributed by atoms with Crippen molar-refractivity contribution < 1.29 is 9.31 Å². The fourth-order valence-corrected chi connectivity index (χ4v) is 1.75. The molecule has 0 fully saturated rings. The molecule has 0 saturated heterocycles. The molecule has 1 aromatic heterocycles. The number of hydrogen-bond donors (Lipinski definition) is 1. The summed E-state index contributed by atoms with van der Waals surface area (Å²) in [7, 11) is 0. The van der Waals surface area contributed by atoms with Crippen LogP contribution in [0.15, 0.2) is 18.2 Å². The summed E-state index contributed by atoms with van der Waals surface area (Å²) in [5, 5.41) is 18.2. The van der Waals surface area contributed by atoms with Crippen molar-refractivity contribution in [3.05, 3.63) is 39.8 Å². The van der Waals surface area contributed by atoms with Crippen molar-refractivity contribution in [2.75, 3.05) is 5.73 Å². The van der Waals surface area contributed by atoms with E-state index in [0.717, 1.165) is 24.6 Å². The second-order valence-corrected chi connectivity index (χ2v) is 3.98. The van der Waals surface area contributed by atoms with Gasteiger partial charge in [-0.1, -0.05) is 18.6 Å². The van der Waals surface area contributed by atoms with Gasteiger partial charge in [0.15, 0.2) is 5.82 Å². The van der Waals surface area contributed by atoms with Crippen molar-refractivity contribution in [1.29, 1.82) is 0 Å². The van der Waals surface area contributed by atoms with E-state index >= 15 is 0 Å². The first-order chi connectivity index (χ1) is 9.04. The fraction of sp³-hybridized carbons (Fsp3) is 0.273. The van der Waals surface area contributed by atoms with Crippen LogP contribution >= 0.6 is 0 Å². The van der Waals surface area contributed by atoms with Crippen LogP contribution in [0.4, 0.5) is 15.9 Å². The third-order valence-corrected chi connectivity index (χ3v) is 2.65. The van der Waals surface area contributed by atoms with Gasteiger partial charge in [-0.05, 0) is 12.5 Å². The van der Waals surface area contributed by atoms with E-state index in [1.54, 1.807) is 0 Å². The Morgan fingerprint density at radius 1 is 1.53 bits per heavy atom. The van der Waals surface area contributed by atoms with Gasteiger partial charge < -0.3 is 5.73 Å². The Bertz CT molecular complexity index is 626. The summed E-state index contributed by atoms with van der Waals surface area (Å²) in [5.74, 6) is -0.416. The molecule has 0 aliphatic carbocycles. The zero-order chi connectivity index (χ0) is 14.0. The Hall–Kier alpha value is -2.51. The molecule has 8 heteroatoms. The van der Waals surface area contributed by atoms with Crippen LogP contribution in [0.3, 0.4) is 0 Å². The van der Waals surface area contributed by atoms with Crippen LogP contribution in [-0.4, -0.2) is 19.9 Å². The first-order valence-corrected chi connectivity index (χ1v) is 5.69. The molecular weight excluding hydrogens is 253 g/mol. The maximum atomic E-state index is 13.8. The predicted octanol–water partition coefficient (Wildman–Crippen LogP) is 1.85. The number of anilines is 1. The quantitative estimate of drug-likeness (QED) is 0.671. The van der Waals surface area contributed by atoms with Gasteiger partial charge in [-0.2, -0.15) is 0 Å². The molecule has 2 aromatic rings. The maximum Gasteiger partial charge on any atom is 0.271 e. The van der Waals surface area contributed by atoms with Crippen molar-refractivity contribution in [2.45, 2.75) is 19.8 Å². The highest BCUT2D eigenvalue weighted by atomic mass is 19.1. The molecule has 0 amide bonds. The minimum atomic E-state index is -0.618. The molecule has 1 aromatic carbocycles. The van der Waals surface area contributed by atoms with E-state index in [1.807, 2.05) is 6.92 Å². The third kappa shape index (κ3) is 2.37. The van der Waals surface area contributed by atoms with Crippen molar-refractivity contribution in [1.82, 2.24) is 15.0 Å². The smallest absolute Gasteiger partial charge is 0.271 e. The van der Waals surface area contributed by atoms with E-state index in [0.29, 0.717) is 12.1 Å². The number of aromatic nitrogens is 3. The van der Waals surface area contributed by atoms with E-state index < -0.39 is 10.7 Å². The molecule has 2 N–H and O–H groups in total. The molecule has 0 atom stereocenters. The molecule has 0 aliphatic rings. The Labute approximate surface area is 108 Å². The van der Waals surface area contributed by atoms with Crippen LogP contribution in [0.1, 0.15) is 19.0 Å². The molecule has 0 unspecified atom stereocenters. The Morgan fingerprint density at radius 2 is 2.26 bits per heavy atom. The predicted molar refractivity (Wildman–Crippen MR) is 66.4 cm³/mol. The van der Waals surface area contributed by atoms with Gasteiger partial charge >= 0.3 is 0 Å². The van der Waals surface area contributed by atoms with Gasteiger partial charge in [0.1, 0.15) is 11.5 Å². The van der Waals surface area contributed by atoms with Crippen molar-refractivity contribution in [3.8, 4) is 5.69 Å². The molecule has 19 heavy (non-hydrogen) atoms. The average Bonchev–Trinajstić information content (AvgIpc) is 2.72. The van der Waals surface area contributed by atoms with Crippen LogP contribution in [0.25, 0.3) is 5.69 Å². The van der Waals surface area contributed by atoms with Gasteiger partial charge in [-0.25, -0.2) is 9.07 Å². The number of halogens is 1. The number of rotatable bonds is 4. The normalized spacial score (nSPS) is 10.6. The highest BCUT2D eigenvalue weighted by Gasteiger charge is 2.17. The number of nitro benzene ring substituents is 1. The summed E-state index contributed by atoms with van der Waals surface area (Å²) in [4.78, 5) is 10.1. The lowest BCUT2D eigenvalue weighted by molar-refractivity contribution is -0.384. The zero-order valence-electron chi connectivity index (χ0n) is 10.2. The highest BCUT2D eigenvalue weighted by molar-refractivity contribution is 5.47. The van der Waals surface area contributed by atoms with E-state index in [-0.39, 0.29) is 17.2 Å². The summed E-state index contributed by atoms with van der Waals surface area (Å²) in [5.41, 5.74) is 5.96. The second-order valence-electron chi connectivity index (χ2n) is 3.98. The molecule has 0 aliphatic heterocycles. The number of nitrogens with two attached hydrogens (primary N) is 1. The lowest BCUT2D eigenvalue weighted by Gasteiger charge is -2.06. The SMILES string of the molecule is CCCc1c(N)nnn1-c1cc([N+](=O)[O-])ccc1F. The minimum Gasteiger partial charge on any atom is -0.381 e. The zero-order valence-corrected chi connectivity index (χ0v) is 10.2. The van der Waals surface area contributed by atoms with Gasteiger partial charge in [0.05, 0.1) is 10.6 Å². The topological polar surface area (TPSA) is 99.9 Å². The molecule has 7 nitrogen and oxygen atoms in total. The van der Waals surface area contributed by atoms with Crippen LogP contribution in [0.2, 0.25) is 0 Å². The molecule has 0 radical (unpaired) electrons. The van der Waals surface area contributed by atoms with Crippen molar-refractivity contribution in [3.63, 3.8) is 0 Å². The van der Waals surface area contributed by atoms with Gasteiger partial charge in [0.2, 0.25) is 0 Å². The van der Waals surface area contributed by atoms with Crippen LogP contribution < -0.4 is 5.73 Å². The summed E-state index contributed by atoms with van der Waals surface area (Å²) in [6.07, 6.45) is 1.33. The van der Waals surface area contributed by atoms with Crippen LogP contribution in [0.5, 0.6) is 0 Å². The minimum absolute atomic E-state index is 0.0261. The van der Waals surface area contributed by atoms with E-state index in [9.17, 15) is 14.5 Å². The summed E-state index contributed by atoms with van der Waals surface area (Å²) >= 11 is 0. The van der Waals surface area contributed by atoms with Crippen molar-refractivity contribution >= 4 is 11.5 Å². The number of benzene rings is 1. The van der Waals surface area contributed by atoms with Crippen LogP contribution in [0, 0.1) is 15.9 Å². The lowest BCUT2D eigenvalue weighted by Crippen LogP contribution is -2.06. The first kappa shape index (κ1) is 12.9. The van der Waals surface area contributed by atoms with Crippen molar-refractivity contribution in [2.24, 2.45) is 0 Å². The standard InChI is InChI=1S/C11H12FN5O2/c1-2-3-9-11(13)14-15-16(9)10-6-7(17(18)19)4-5-8(10)12/h4-6H,2-3,13H2,1H3. The number of nitro groups is 1. The summed E-state index contributed by atoms with van der Waals surface area (Å²) in [6.45, 7) is 1.93. The number of hydrogen-bond acceptors (Lipinski definition) is 5. The van der Waals surface area contributed by atoms with E-state index in [1.165, 1.54) is 4.68 Å². The molecule has 0 spiro atoms. The van der Waals surface area contributed by atoms with Gasteiger partial charge in [-0.15, -0.1) is 5.10 Å². The molecule has 1 heterocycles. The fourth-order valence-electron chi connectivity index (χ4n) is 1.75. The monoisotopic (exact) mass is 265 g/mol. The van der Waals surface area contributed by atoms with Crippen LogP contribution in [-0.2, 0) is 6.42 Å². The third-order valence-electron chi connectivity index (χ3n) is 2.65. The summed E-state index contributed by atoms with van der Waals surface area (Å²) < 4.78 is 15.0. The summed E-state index contributed by atoms with van der Waals surface area (Å²) in [6, 6.07) is 3.24. The van der Waals surface area contributed by atoms with Gasteiger partial charge in [-0.3, -0.25) is 10.1 Å². The second kappa shape index (κ2) is 5.01. The highest BCUT2D eigenvalue weighted by Crippen LogP contribution is 2.23.